The van der Waals surface area contributed by atoms with Crippen molar-refractivity contribution < 1.29 is 8.42 Å². The van der Waals surface area contributed by atoms with Crippen LogP contribution in [0.2, 0.25) is 0 Å². The molecule has 8 nitrogen and oxygen atoms in total. The van der Waals surface area contributed by atoms with E-state index in [9.17, 15) is 18.0 Å². The Labute approximate surface area is 275 Å². The monoisotopic (exact) mass is 690 g/mol. The van der Waals surface area contributed by atoms with Gasteiger partial charge in [-0.15, -0.1) is 22.7 Å². The van der Waals surface area contributed by atoms with Crippen LogP contribution in [0.25, 0.3) is 31.8 Å². The van der Waals surface area contributed by atoms with Crippen molar-refractivity contribution in [3.63, 3.8) is 0 Å². The van der Waals surface area contributed by atoms with E-state index in [-0.39, 0.29) is 30.5 Å². The van der Waals surface area contributed by atoms with E-state index in [4.69, 9.17) is 24.4 Å². The van der Waals surface area contributed by atoms with Crippen molar-refractivity contribution in [2.24, 2.45) is 0 Å². The summed E-state index contributed by atoms with van der Waals surface area (Å²) in [5.41, 5.74) is 3.03. The molecule has 4 heterocycles. The molecule has 0 aliphatic heterocycles. The topological polar surface area (TPSA) is 110 Å². The molecule has 8 rings (SSSR count). The van der Waals surface area contributed by atoms with Crippen molar-refractivity contribution in [2.45, 2.75) is 61.2 Å². The van der Waals surface area contributed by atoms with Gasteiger partial charge in [0.15, 0.2) is 9.54 Å². The Morgan fingerprint density at radius 1 is 0.644 bits per heavy atom. The first-order chi connectivity index (χ1) is 21.7. The van der Waals surface area contributed by atoms with Gasteiger partial charge in [0.25, 0.3) is 11.1 Å². The molecule has 0 saturated heterocycles. The Kier molecular flexibility index (Phi) is 6.95. The van der Waals surface area contributed by atoms with Crippen LogP contribution in [0.1, 0.15) is 46.6 Å². The van der Waals surface area contributed by atoms with Crippen molar-refractivity contribution in [3.8, 4) is 11.4 Å². The fourth-order valence-corrected chi connectivity index (χ4v) is 11.3. The van der Waals surface area contributed by atoms with Gasteiger partial charge in [-0.2, -0.15) is 0 Å². The second-order valence-corrected chi connectivity index (χ2v) is 16.4. The molecule has 45 heavy (non-hydrogen) atoms. The van der Waals surface area contributed by atoms with Gasteiger partial charge >= 0.3 is 0 Å². The molecule has 2 aliphatic rings. The van der Waals surface area contributed by atoms with Gasteiger partial charge in [-0.3, -0.25) is 23.7 Å². The second-order valence-electron chi connectivity index (χ2n) is 11.5. The summed E-state index contributed by atoms with van der Waals surface area (Å²) in [7, 11) is -3.87. The van der Waals surface area contributed by atoms with Crippen molar-refractivity contribution in [3.05, 3.63) is 99.7 Å². The molecule has 0 spiro atoms. The van der Waals surface area contributed by atoms with Gasteiger partial charge in [0.05, 0.1) is 26.3 Å². The summed E-state index contributed by atoms with van der Waals surface area (Å²) in [5.74, 6) is 0. The number of hydrogen-bond donors (Lipinski definition) is 2. The number of aromatic amines is 2. The SMILES string of the molecule is O=c1[nH]c(=S)n(-c2ccc(S(=O)(=O)c3ccc(-n4c(=S)[nH]c5sc6c(c5c4=O)CCCC6)cc3)cc2)c2sc3c(c12)CCCC3. The molecule has 0 atom stereocenters. The number of hydrogen-bond acceptors (Lipinski definition) is 8. The fraction of sp³-hybridized carbons (Fsp3) is 0.250. The molecule has 0 amide bonds. The lowest BCUT2D eigenvalue weighted by atomic mass is 9.97. The third-order valence-corrected chi connectivity index (χ3v) is 13.7. The molecular weight excluding hydrogens is 665 g/mol. The van der Waals surface area contributed by atoms with Crippen LogP contribution in [0.4, 0.5) is 0 Å². The zero-order valence-corrected chi connectivity index (χ0v) is 27.9. The molecule has 6 aromatic rings. The molecule has 2 aliphatic carbocycles. The number of aryl methyl sites for hydroxylation is 4. The Hall–Kier alpha value is -3.49. The first-order valence-electron chi connectivity index (χ1n) is 14.8. The number of H-pyrrole nitrogens is 2. The zero-order chi connectivity index (χ0) is 31.0. The smallest absolute Gasteiger partial charge is 0.267 e. The summed E-state index contributed by atoms with van der Waals surface area (Å²) in [6.07, 6.45) is 7.99. The van der Waals surface area contributed by atoms with Crippen LogP contribution in [0.5, 0.6) is 0 Å². The molecule has 2 aromatic carbocycles. The minimum Gasteiger partial charge on any atom is -0.323 e. The number of rotatable bonds is 4. The Morgan fingerprint density at radius 2 is 1.16 bits per heavy atom. The van der Waals surface area contributed by atoms with Crippen molar-refractivity contribution in [2.75, 3.05) is 0 Å². The third kappa shape index (κ3) is 4.58. The van der Waals surface area contributed by atoms with E-state index in [0.717, 1.165) is 72.2 Å². The van der Waals surface area contributed by atoms with Crippen molar-refractivity contribution in [1.82, 2.24) is 19.1 Å². The van der Waals surface area contributed by atoms with Crippen LogP contribution in [0, 0.1) is 9.54 Å². The Bertz CT molecular complexity index is 2530. The van der Waals surface area contributed by atoms with Gasteiger partial charge in [-0.25, -0.2) is 8.42 Å². The van der Waals surface area contributed by atoms with Gasteiger partial charge in [0, 0.05) is 15.4 Å². The molecule has 0 fully saturated rings. The minimum absolute atomic E-state index is 0.102. The van der Waals surface area contributed by atoms with Gasteiger partial charge in [-0.1, -0.05) is 0 Å². The maximum Gasteiger partial charge on any atom is 0.267 e. The molecule has 4 aromatic heterocycles. The van der Waals surface area contributed by atoms with Crippen molar-refractivity contribution >= 4 is 77.4 Å². The molecule has 0 saturated carbocycles. The number of benzene rings is 2. The fourth-order valence-electron chi connectivity index (χ4n) is 6.64. The first-order valence-corrected chi connectivity index (χ1v) is 18.7. The van der Waals surface area contributed by atoms with Crippen LogP contribution in [-0.4, -0.2) is 27.5 Å². The average Bonchev–Trinajstić information content (AvgIpc) is 3.60. The van der Waals surface area contributed by atoms with E-state index in [1.165, 1.54) is 26.5 Å². The average molecular weight is 691 g/mol. The van der Waals surface area contributed by atoms with Crippen LogP contribution < -0.4 is 11.1 Å². The molecule has 13 heteroatoms. The van der Waals surface area contributed by atoms with Crippen LogP contribution in [0.15, 0.2) is 67.9 Å². The summed E-state index contributed by atoms with van der Waals surface area (Å²) < 4.78 is 31.1. The second kappa shape index (κ2) is 10.8. The highest BCUT2D eigenvalue weighted by atomic mass is 32.2. The van der Waals surface area contributed by atoms with Crippen LogP contribution in [0.3, 0.4) is 0 Å². The number of nitrogens with zero attached hydrogens (tertiary/aromatic N) is 2. The predicted octanol–water partition coefficient (Wildman–Crippen LogP) is 7.12. The van der Waals surface area contributed by atoms with E-state index in [2.05, 4.69) is 9.97 Å². The van der Waals surface area contributed by atoms with Gasteiger partial charge in [0.1, 0.15) is 9.66 Å². The van der Waals surface area contributed by atoms with Crippen LogP contribution >= 0.6 is 47.1 Å². The highest BCUT2D eigenvalue weighted by molar-refractivity contribution is 7.91. The summed E-state index contributed by atoms with van der Waals surface area (Å²) in [6.45, 7) is 0. The standard InChI is InChI=1S/C32H26N4O4S5/c37-27-25-21-5-1-4-8-24(21)44-30(25)36(31(41)33-27)18-11-15-20(16-12-18)45(39,40)19-13-9-17(10-14-19)35-29(38)26-22-6-2-3-7-23(22)43-28(26)34-32(35)42/h9-16H,1-8H2,(H,34,42)(H,33,37,41). The highest BCUT2D eigenvalue weighted by Crippen LogP contribution is 2.36. The predicted molar refractivity (Wildman–Crippen MR) is 184 cm³/mol. The van der Waals surface area contributed by atoms with E-state index in [1.807, 2.05) is 4.57 Å². The number of fused-ring (bicyclic) bond motifs is 6. The maximum absolute atomic E-state index is 13.7. The lowest BCUT2D eigenvalue weighted by Crippen LogP contribution is -2.21. The summed E-state index contributed by atoms with van der Waals surface area (Å²) in [6, 6.07) is 12.8. The van der Waals surface area contributed by atoms with Crippen LogP contribution in [-0.2, 0) is 35.5 Å². The summed E-state index contributed by atoms with van der Waals surface area (Å²) in [5, 5.41) is 1.36. The zero-order valence-electron chi connectivity index (χ0n) is 23.8. The number of nitrogens with one attached hydrogen (secondary N) is 2. The lowest BCUT2D eigenvalue weighted by Gasteiger charge is -2.12. The van der Waals surface area contributed by atoms with E-state index in [0.29, 0.717) is 22.1 Å². The number of sulfone groups is 1. The Balaban J connectivity index is 1.15. The van der Waals surface area contributed by atoms with Gasteiger partial charge in [-0.05, 0) is 135 Å². The Morgan fingerprint density at radius 3 is 1.78 bits per heavy atom. The van der Waals surface area contributed by atoms with E-state index < -0.39 is 9.84 Å². The lowest BCUT2D eigenvalue weighted by molar-refractivity contribution is 0.596. The molecule has 0 bridgehead atoms. The van der Waals surface area contributed by atoms with E-state index >= 15 is 0 Å². The van der Waals surface area contributed by atoms with E-state index in [1.54, 1.807) is 59.1 Å². The maximum atomic E-state index is 13.7. The quantitative estimate of drug-likeness (QED) is 0.191. The molecule has 0 unspecified atom stereocenters. The molecule has 2 N–H and O–H groups in total. The largest absolute Gasteiger partial charge is 0.323 e. The highest BCUT2D eigenvalue weighted by Gasteiger charge is 2.24. The number of aromatic nitrogens is 4. The van der Waals surface area contributed by atoms with Gasteiger partial charge < -0.3 is 4.98 Å². The normalized spacial score (nSPS) is 14.9. The minimum atomic E-state index is -3.87. The molecule has 0 radical (unpaired) electrons. The molecule has 228 valence electrons. The van der Waals surface area contributed by atoms with Crippen molar-refractivity contribution in [1.29, 1.82) is 0 Å². The summed E-state index contributed by atoms with van der Waals surface area (Å²) >= 11 is 14.3. The number of thiophene rings is 2. The summed E-state index contributed by atoms with van der Waals surface area (Å²) in [4.78, 5) is 36.9. The third-order valence-electron chi connectivity index (χ3n) is 8.83. The van der Waals surface area contributed by atoms with Gasteiger partial charge in [0.2, 0.25) is 9.84 Å². The first kappa shape index (κ1) is 28.9. The molecular formula is C32H26N4O4S5.